The minimum Gasteiger partial charge on any atom is -0.481 e. The van der Waals surface area contributed by atoms with Crippen molar-refractivity contribution in [2.75, 3.05) is 0 Å². The maximum Gasteiger partial charge on any atom is 0.300 e. The molecule has 0 aliphatic rings. The Kier molecular flexibility index (Phi) is 8.08. The summed E-state index contributed by atoms with van der Waals surface area (Å²) >= 11 is 0. The van der Waals surface area contributed by atoms with Gasteiger partial charge in [0.15, 0.2) is 0 Å². The van der Waals surface area contributed by atoms with Crippen LogP contribution in [-0.2, 0) is 9.59 Å². The van der Waals surface area contributed by atoms with Crippen LogP contribution in [0.4, 0.5) is 0 Å². The van der Waals surface area contributed by atoms with Gasteiger partial charge >= 0.3 is 0 Å². The van der Waals surface area contributed by atoms with Gasteiger partial charge < -0.3 is 10.8 Å². The number of primary amides is 1. The van der Waals surface area contributed by atoms with Gasteiger partial charge in [-0.1, -0.05) is 13.8 Å². The second-order valence-electron chi connectivity index (χ2n) is 2.23. The highest BCUT2D eigenvalue weighted by Crippen LogP contribution is 1.96. The number of carbonyl (C=O) groups is 2. The van der Waals surface area contributed by atoms with Crippen LogP contribution in [0.5, 0.6) is 0 Å². The number of hydrogen-bond donors (Lipinski definition) is 2. The summed E-state index contributed by atoms with van der Waals surface area (Å²) in [6.45, 7) is 4.84. The monoisotopic (exact) mass is 161 g/mol. The number of nitrogens with two attached hydrogens (primary N) is 1. The molecule has 0 bridgehead atoms. The van der Waals surface area contributed by atoms with Crippen molar-refractivity contribution in [3.8, 4) is 0 Å². The molecule has 0 aliphatic heterocycles. The van der Waals surface area contributed by atoms with Crippen LogP contribution in [0.15, 0.2) is 0 Å². The molecule has 66 valence electrons. The molecule has 11 heavy (non-hydrogen) atoms. The van der Waals surface area contributed by atoms with Gasteiger partial charge in [0.05, 0.1) is 0 Å². The van der Waals surface area contributed by atoms with Crippen molar-refractivity contribution in [3.63, 3.8) is 0 Å². The Hall–Kier alpha value is -1.06. The fourth-order valence-corrected chi connectivity index (χ4v) is 0.201. The largest absolute Gasteiger partial charge is 0.481 e. The average Bonchev–Trinajstić information content (AvgIpc) is 1.85. The topological polar surface area (TPSA) is 80.4 Å². The second-order valence-corrected chi connectivity index (χ2v) is 2.23. The lowest BCUT2D eigenvalue weighted by Gasteiger charge is -1.98. The first-order chi connectivity index (χ1) is 4.91. The molecule has 0 fully saturated rings. The minimum atomic E-state index is -0.833. The third-order valence-corrected chi connectivity index (χ3v) is 1.10. The molecule has 1 amide bonds. The Morgan fingerprint density at radius 3 is 1.82 bits per heavy atom. The van der Waals surface area contributed by atoms with E-state index in [4.69, 9.17) is 15.6 Å². The van der Waals surface area contributed by atoms with Gasteiger partial charge in [0, 0.05) is 12.8 Å². The smallest absolute Gasteiger partial charge is 0.300 e. The van der Waals surface area contributed by atoms with Gasteiger partial charge in [-0.3, -0.25) is 9.59 Å². The SMILES string of the molecule is CC(=O)O.CCC(C)C(N)=O. The Balaban J connectivity index is 0. The molecule has 0 radical (unpaired) electrons. The van der Waals surface area contributed by atoms with Crippen molar-refractivity contribution in [2.24, 2.45) is 11.7 Å². The van der Waals surface area contributed by atoms with Crippen LogP contribution in [0, 0.1) is 5.92 Å². The molecule has 0 saturated carbocycles. The fraction of sp³-hybridized carbons (Fsp3) is 0.714. The van der Waals surface area contributed by atoms with Crippen molar-refractivity contribution in [3.05, 3.63) is 0 Å². The number of amides is 1. The van der Waals surface area contributed by atoms with Gasteiger partial charge in [0.1, 0.15) is 0 Å². The van der Waals surface area contributed by atoms with Gasteiger partial charge in [0.2, 0.25) is 5.91 Å². The minimum absolute atomic E-state index is 0.0417. The lowest BCUT2D eigenvalue weighted by molar-refractivity contribution is -0.134. The fourth-order valence-electron chi connectivity index (χ4n) is 0.201. The Labute approximate surface area is 66.4 Å². The highest BCUT2D eigenvalue weighted by molar-refractivity contribution is 5.76. The van der Waals surface area contributed by atoms with Crippen LogP contribution in [0.3, 0.4) is 0 Å². The summed E-state index contributed by atoms with van der Waals surface area (Å²) in [7, 11) is 0. The molecule has 1 atom stereocenters. The third-order valence-electron chi connectivity index (χ3n) is 1.10. The summed E-state index contributed by atoms with van der Waals surface area (Å²) in [6, 6.07) is 0. The first kappa shape index (κ1) is 12.6. The Morgan fingerprint density at radius 1 is 1.55 bits per heavy atom. The Bertz CT molecular complexity index is 130. The van der Waals surface area contributed by atoms with Gasteiger partial charge in [-0.25, -0.2) is 0 Å². The zero-order chi connectivity index (χ0) is 9.44. The average molecular weight is 161 g/mol. The molecule has 0 spiro atoms. The highest BCUT2D eigenvalue weighted by Gasteiger charge is 2.02. The maximum absolute atomic E-state index is 10.2. The molecule has 0 aliphatic carbocycles. The molecule has 0 heterocycles. The molecular weight excluding hydrogens is 146 g/mol. The normalized spacial score (nSPS) is 10.8. The lowest BCUT2D eigenvalue weighted by Crippen LogP contribution is -2.19. The number of rotatable bonds is 2. The van der Waals surface area contributed by atoms with Crippen molar-refractivity contribution in [1.82, 2.24) is 0 Å². The summed E-state index contributed by atoms with van der Waals surface area (Å²) in [5.74, 6) is -0.998. The van der Waals surface area contributed by atoms with E-state index in [2.05, 4.69) is 0 Å². The molecule has 0 aromatic carbocycles. The zero-order valence-corrected chi connectivity index (χ0v) is 7.13. The molecule has 4 nitrogen and oxygen atoms in total. The molecule has 0 aromatic rings. The zero-order valence-electron chi connectivity index (χ0n) is 7.13. The number of carboxylic acid groups (broad SMARTS) is 1. The van der Waals surface area contributed by atoms with E-state index in [1.54, 1.807) is 0 Å². The summed E-state index contributed by atoms with van der Waals surface area (Å²) in [5, 5.41) is 7.42. The van der Waals surface area contributed by atoms with E-state index in [0.717, 1.165) is 13.3 Å². The van der Waals surface area contributed by atoms with Gasteiger partial charge in [0.25, 0.3) is 5.97 Å². The molecule has 0 rings (SSSR count). The quantitative estimate of drug-likeness (QED) is 0.622. The van der Waals surface area contributed by atoms with E-state index in [9.17, 15) is 4.79 Å². The summed E-state index contributed by atoms with van der Waals surface area (Å²) < 4.78 is 0. The molecule has 4 heteroatoms. The van der Waals surface area contributed by atoms with E-state index in [-0.39, 0.29) is 11.8 Å². The number of carboxylic acids is 1. The Morgan fingerprint density at radius 2 is 1.82 bits per heavy atom. The summed E-state index contributed by atoms with van der Waals surface area (Å²) in [5.41, 5.74) is 4.91. The summed E-state index contributed by atoms with van der Waals surface area (Å²) in [4.78, 5) is 19.2. The molecule has 3 N–H and O–H groups in total. The van der Waals surface area contributed by atoms with Gasteiger partial charge in [-0.05, 0) is 6.42 Å². The van der Waals surface area contributed by atoms with E-state index >= 15 is 0 Å². The third kappa shape index (κ3) is 17.6. The first-order valence-corrected chi connectivity index (χ1v) is 3.40. The van der Waals surface area contributed by atoms with Crippen LogP contribution < -0.4 is 5.73 Å². The van der Waals surface area contributed by atoms with Crippen molar-refractivity contribution < 1.29 is 14.7 Å². The van der Waals surface area contributed by atoms with E-state index in [1.807, 2.05) is 13.8 Å². The van der Waals surface area contributed by atoms with Gasteiger partial charge in [-0.2, -0.15) is 0 Å². The standard InChI is InChI=1S/C5H11NO.C2H4O2/c1-3-4(2)5(6)7;1-2(3)4/h4H,3H2,1-2H3,(H2,6,7);1H3,(H,3,4). The van der Waals surface area contributed by atoms with Crippen molar-refractivity contribution in [1.29, 1.82) is 0 Å². The summed E-state index contributed by atoms with van der Waals surface area (Å²) in [6.07, 6.45) is 0.843. The van der Waals surface area contributed by atoms with Crippen LogP contribution in [0.25, 0.3) is 0 Å². The first-order valence-electron chi connectivity index (χ1n) is 3.40. The van der Waals surface area contributed by atoms with Crippen LogP contribution in [-0.4, -0.2) is 17.0 Å². The molecule has 0 saturated heterocycles. The predicted octanol–water partition coefficient (Wildman–Crippen LogP) is 0.609. The van der Waals surface area contributed by atoms with Crippen LogP contribution in [0.1, 0.15) is 27.2 Å². The van der Waals surface area contributed by atoms with Crippen molar-refractivity contribution in [2.45, 2.75) is 27.2 Å². The highest BCUT2D eigenvalue weighted by atomic mass is 16.4. The van der Waals surface area contributed by atoms with Crippen LogP contribution in [0.2, 0.25) is 0 Å². The van der Waals surface area contributed by atoms with E-state index in [1.165, 1.54) is 0 Å². The van der Waals surface area contributed by atoms with Crippen molar-refractivity contribution >= 4 is 11.9 Å². The van der Waals surface area contributed by atoms with E-state index in [0.29, 0.717) is 0 Å². The molecule has 0 aromatic heterocycles. The molecule has 1 unspecified atom stereocenters. The maximum atomic E-state index is 10.2. The van der Waals surface area contributed by atoms with Gasteiger partial charge in [-0.15, -0.1) is 0 Å². The number of hydrogen-bond acceptors (Lipinski definition) is 2. The number of aliphatic carboxylic acids is 1. The lowest BCUT2D eigenvalue weighted by atomic mass is 10.1. The second kappa shape index (κ2) is 7.05. The molecular formula is C7H15NO3. The predicted molar refractivity (Wildman–Crippen MR) is 42.0 cm³/mol. The van der Waals surface area contributed by atoms with Crippen LogP contribution >= 0.6 is 0 Å². The number of carbonyl (C=O) groups excluding carboxylic acids is 1. The van der Waals surface area contributed by atoms with E-state index < -0.39 is 5.97 Å².